The molecule has 3 aromatic rings. The van der Waals surface area contributed by atoms with Crippen molar-refractivity contribution in [2.24, 2.45) is 5.41 Å². The molecule has 3 amide bonds. The summed E-state index contributed by atoms with van der Waals surface area (Å²) in [7, 11) is 2.15. The second-order valence-electron chi connectivity index (χ2n) is 12.2. The summed E-state index contributed by atoms with van der Waals surface area (Å²) in [6.07, 6.45) is 4.78. The van der Waals surface area contributed by atoms with Crippen molar-refractivity contribution in [3.8, 4) is 11.5 Å². The van der Waals surface area contributed by atoms with Gasteiger partial charge in [0.15, 0.2) is 0 Å². The number of hydrogen-bond acceptors (Lipinski definition) is 7. The number of carbonyl (C=O) groups is 2. The lowest BCUT2D eigenvalue weighted by Crippen LogP contribution is -2.53. The first-order chi connectivity index (χ1) is 21.8. The van der Waals surface area contributed by atoms with Gasteiger partial charge in [-0.15, -0.1) is 0 Å². The number of likely N-dealkylation sites (N-methyl/N-ethyl adjacent to an activating group) is 1. The van der Waals surface area contributed by atoms with E-state index in [9.17, 15) is 18.4 Å². The zero-order chi connectivity index (χ0) is 31.4. The molecule has 3 aliphatic rings. The van der Waals surface area contributed by atoms with E-state index in [0.29, 0.717) is 49.2 Å². The van der Waals surface area contributed by atoms with Gasteiger partial charge in [0, 0.05) is 75.9 Å². The van der Waals surface area contributed by atoms with Crippen LogP contribution >= 0.6 is 0 Å². The molecule has 3 N–H and O–H groups in total. The molecule has 0 atom stereocenters. The maximum atomic E-state index is 15.0. The minimum Gasteiger partial charge on any atom is -0.457 e. The number of nitrogens with one attached hydrogen (secondary N) is 3. The van der Waals surface area contributed by atoms with E-state index in [2.05, 4.69) is 37.8 Å². The fourth-order valence-electron chi connectivity index (χ4n) is 5.89. The van der Waals surface area contributed by atoms with Crippen LogP contribution in [0, 0.1) is 17.0 Å². The Morgan fingerprint density at radius 1 is 0.911 bits per heavy atom. The van der Waals surface area contributed by atoms with Gasteiger partial charge in [0.1, 0.15) is 29.0 Å². The first-order valence-electron chi connectivity index (χ1n) is 15.5. The highest BCUT2D eigenvalue weighted by molar-refractivity contribution is 5.97. The van der Waals surface area contributed by atoms with Gasteiger partial charge in [-0.3, -0.25) is 15.0 Å². The summed E-state index contributed by atoms with van der Waals surface area (Å²) in [5.74, 6) is -0.0440. The molecule has 3 heterocycles. The maximum Gasteiger partial charge on any atom is 0.323 e. The lowest BCUT2D eigenvalue weighted by atomic mass is 10.0. The Hall–Kier alpha value is -4.29. The van der Waals surface area contributed by atoms with Crippen LogP contribution in [0.15, 0.2) is 60.8 Å². The lowest BCUT2D eigenvalue weighted by Gasteiger charge is -2.42. The van der Waals surface area contributed by atoms with Crippen molar-refractivity contribution >= 4 is 29.1 Å². The summed E-state index contributed by atoms with van der Waals surface area (Å²) >= 11 is 0. The number of pyridine rings is 1. The molecule has 2 saturated heterocycles. The van der Waals surface area contributed by atoms with Crippen LogP contribution in [0.3, 0.4) is 0 Å². The third kappa shape index (κ3) is 7.69. The number of benzene rings is 2. The van der Waals surface area contributed by atoms with Crippen LogP contribution in [-0.4, -0.2) is 90.5 Å². The molecule has 10 nitrogen and oxygen atoms in total. The van der Waals surface area contributed by atoms with Gasteiger partial charge in [0.25, 0.3) is 0 Å². The van der Waals surface area contributed by atoms with Crippen LogP contribution in [0.25, 0.3) is 0 Å². The molecule has 1 aromatic heterocycles. The SMILES string of the molecule is CN1CCN(C2CCN(C(=O)Nc3cc(Oc4ccc(NCC5(C(=O)Nc6ccc(F)cc6)CC5)c(F)c4)ccn3)CC2)CC1. The minimum absolute atomic E-state index is 0.183. The fraction of sp³-hybridized carbons (Fsp3) is 0.424. The third-order valence-corrected chi connectivity index (χ3v) is 9.00. The Morgan fingerprint density at radius 2 is 1.62 bits per heavy atom. The van der Waals surface area contributed by atoms with Crippen LogP contribution in [0.5, 0.6) is 11.5 Å². The predicted octanol–water partition coefficient (Wildman–Crippen LogP) is 5.23. The Bertz CT molecular complexity index is 1500. The first-order valence-corrected chi connectivity index (χ1v) is 15.5. The van der Waals surface area contributed by atoms with E-state index in [-0.39, 0.29) is 35.7 Å². The molecule has 12 heteroatoms. The van der Waals surface area contributed by atoms with Gasteiger partial charge in [-0.2, -0.15) is 0 Å². The number of hydrogen-bond donors (Lipinski definition) is 3. The monoisotopic (exact) mass is 619 g/mol. The number of piperidine rings is 1. The van der Waals surface area contributed by atoms with Gasteiger partial charge in [-0.25, -0.2) is 18.6 Å². The van der Waals surface area contributed by atoms with Crippen molar-refractivity contribution in [2.45, 2.75) is 31.7 Å². The van der Waals surface area contributed by atoms with E-state index < -0.39 is 11.2 Å². The summed E-state index contributed by atoms with van der Waals surface area (Å²) in [5, 5.41) is 8.73. The number of halogens is 2. The Kier molecular flexibility index (Phi) is 9.13. The summed E-state index contributed by atoms with van der Waals surface area (Å²) < 4.78 is 34.0. The van der Waals surface area contributed by atoms with Gasteiger partial charge in [0.2, 0.25) is 5.91 Å². The molecular formula is C33H39F2N7O3. The highest BCUT2D eigenvalue weighted by Gasteiger charge is 2.49. The molecule has 45 heavy (non-hydrogen) atoms. The molecule has 0 unspecified atom stereocenters. The highest BCUT2D eigenvalue weighted by atomic mass is 19.1. The Labute approximate surface area is 261 Å². The molecule has 2 aliphatic heterocycles. The summed E-state index contributed by atoms with van der Waals surface area (Å²) in [6.45, 7) is 5.97. The molecule has 2 aromatic carbocycles. The Balaban J connectivity index is 0.983. The van der Waals surface area contributed by atoms with Gasteiger partial charge in [-0.05, 0) is 75.2 Å². The second kappa shape index (κ2) is 13.4. The van der Waals surface area contributed by atoms with E-state index in [1.54, 1.807) is 24.3 Å². The summed E-state index contributed by atoms with van der Waals surface area (Å²) in [4.78, 5) is 36.7. The Morgan fingerprint density at radius 3 is 2.31 bits per heavy atom. The van der Waals surface area contributed by atoms with Crippen LogP contribution in [0.1, 0.15) is 25.7 Å². The summed E-state index contributed by atoms with van der Waals surface area (Å²) in [5.41, 5.74) is 0.122. The predicted molar refractivity (Wildman–Crippen MR) is 169 cm³/mol. The number of rotatable bonds is 9. The standard InChI is InChI=1S/C33H39F2N7O3/c1-40-16-18-41(19-17-40)25-9-14-42(15-10-25)32(44)39-30-21-27(8-13-36-30)45-26-6-7-29(28(35)20-26)37-22-33(11-12-33)31(43)38-24-4-2-23(34)3-5-24/h2-8,13,20-21,25,37H,9-12,14-19,22H2,1H3,(H,38,43)(H,36,39,44). The molecule has 6 rings (SSSR count). The quantitative estimate of drug-likeness (QED) is 0.302. The molecule has 238 valence electrons. The normalized spacial score (nSPS) is 18.7. The number of ether oxygens (including phenoxy) is 1. The van der Waals surface area contributed by atoms with Gasteiger partial charge in [-0.1, -0.05) is 0 Å². The van der Waals surface area contributed by atoms with Crippen molar-refractivity contribution in [3.05, 3.63) is 72.4 Å². The number of urea groups is 1. The highest BCUT2D eigenvalue weighted by Crippen LogP contribution is 2.46. The van der Waals surface area contributed by atoms with Crippen LogP contribution < -0.4 is 20.7 Å². The first kappa shape index (κ1) is 30.7. The average molecular weight is 620 g/mol. The summed E-state index contributed by atoms with van der Waals surface area (Å²) in [6, 6.07) is 13.6. The van der Waals surface area contributed by atoms with Gasteiger partial charge < -0.3 is 25.2 Å². The molecule has 1 saturated carbocycles. The molecule has 0 bridgehead atoms. The molecule has 0 spiro atoms. The van der Waals surface area contributed by atoms with Crippen molar-refractivity contribution in [2.75, 3.05) is 68.8 Å². The largest absolute Gasteiger partial charge is 0.457 e. The number of amides is 3. The second-order valence-corrected chi connectivity index (χ2v) is 12.2. The number of aromatic nitrogens is 1. The number of carbonyl (C=O) groups excluding carboxylic acids is 2. The third-order valence-electron chi connectivity index (χ3n) is 9.00. The number of piperazine rings is 1. The van der Waals surface area contributed by atoms with Crippen molar-refractivity contribution in [1.29, 1.82) is 0 Å². The van der Waals surface area contributed by atoms with E-state index in [1.165, 1.54) is 36.5 Å². The van der Waals surface area contributed by atoms with E-state index >= 15 is 0 Å². The molecule has 3 fully saturated rings. The number of anilines is 3. The number of nitrogens with zero attached hydrogens (tertiary/aromatic N) is 4. The van der Waals surface area contributed by atoms with Crippen molar-refractivity contribution in [1.82, 2.24) is 19.7 Å². The van der Waals surface area contributed by atoms with Gasteiger partial charge in [0.05, 0.1) is 11.1 Å². The molecule has 1 aliphatic carbocycles. The van der Waals surface area contributed by atoms with E-state index in [0.717, 1.165) is 39.0 Å². The average Bonchev–Trinajstić information content (AvgIpc) is 3.84. The fourth-order valence-corrected chi connectivity index (χ4v) is 5.89. The van der Waals surface area contributed by atoms with Crippen LogP contribution in [0.2, 0.25) is 0 Å². The molecular weight excluding hydrogens is 580 g/mol. The van der Waals surface area contributed by atoms with Gasteiger partial charge >= 0.3 is 6.03 Å². The zero-order valence-electron chi connectivity index (χ0n) is 25.4. The lowest BCUT2D eigenvalue weighted by molar-refractivity contribution is -0.120. The minimum atomic E-state index is -0.644. The number of likely N-dealkylation sites (tertiary alicyclic amines) is 1. The zero-order valence-corrected chi connectivity index (χ0v) is 25.4. The van der Waals surface area contributed by atoms with Crippen LogP contribution in [-0.2, 0) is 4.79 Å². The van der Waals surface area contributed by atoms with E-state index in [4.69, 9.17) is 4.74 Å². The molecule has 0 radical (unpaired) electrons. The smallest absolute Gasteiger partial charge is 0.323 e. The van der Waals surface area contributed by atoms with Crippen LogP contribution in [0.4, 0.5) is 30.8 Å². The van der Waals surface area contributed by atoms with Crippen molar-refractivity contribution < 1.29 is 23.1 Å². The van der Waals surface area contributed by atoms with Crippen molar-refractivity contribution in [3.63, 3.8) is 0 Å². The van der Waals surface area contributed by atoms with E-state index in [1.807, 2.05) is 4.90 Å². The maximum absolute atomic E-state index is 15.0. The topological polar surface area (TPSA) is 102 Å².